The Kier molecular flexibility index (Phi) is 4.60. The second-order valence-electron chi connectivity index (χ2n) is 6.43. The monoisotopic (exact) mass is 308 g/mol. The summed E-state index contributed by atoms with van der Waals surface area (Å²) >= 11 is 1.58. The van der Waals surface area contributed by atoms with Gasteiger partial charge >= 0.3 is 0 Å². The van der Waals surface area contributed by atoms with Gasteiger partial charge in [-0.3, -0.25) is 4.79 Å². The highest BCUT2D eigenvalue weighted by Gasteiger charge is 2.26. The average Bonchev–Trinajstić information content (AvgIpc) is 3.10. The summed E-state index contributed by atoms with van der Waals surface area (Å²) in [7, 11) is 0. The van der Waals surface area contributed by atoms with Crippen LogP contribution >= 0.6 is 11.3 Å². The molecule has 3 rings (SSSR count). The van der Waals surface area contributed by atoms with E-state index in [1.807, 2.05) is 6.92 Å². The largest absolute Gasteiger partial charge is 0.393 e. The van der Waals surface area contributed by atoms with E-state index in [1.165, 1.54) is 25.7 Å². The molecular formula is C16H24N2O2S. The Balaban J connectivity index is 1.64. The molecule has 2 aliphatic rings. The maximum Gasteiger partial charge on any atom is 0.263 e. The third-order valence-corrected chi connectivity index (χ3v) is 6.07. The minimum Gasteiger partial charge on any atom is -0.393 e. The quantitative estimate of drug-likeness (QED) is 0.901. The van der Waals surface area contributed by atoms with Crippen LogP contribution in [0.5, 0.6) is 0 Å². The minimum atomic E-state index is -0.183. The first-order valence-corrected chi connectivity index (χ1v) is 8.91. The van der Waals surface area contributed by atoms with Crippen LogP contribution in [0.4, 0.5) is 0 Å². The molecule has 0 radical (unpaired) electrons. The van der Waals surface area contributed by atoms with Gasteiger partial charge in [-0.15, -0.1) is 11.3 Å². The molecule has 21 heavy (non-hydrogen) atoms. The molecule has 2 fully saturated rings. The van der Waals surface area contributed by atoms with Crippen LogP contribution in [0.2, 0.25) is 0 Å². The van der Waals surface area contributed by atoms with Gasteiger partial charge in [-0.2, -0.15) is 0 Å². The number of rotatable bonds is 3. The van der Waals surface area contributed by atoms with Crippen molar-refractivity contribution in [1.82, 2.24) is 10.3 Å². The topological polar surface area (TPSA) is 62.2 Å². The summed E-state index contributed by atoms with van der Waals surface area (Å²) in [6.45, 7) is 1.94. The number of thiazole rings is 1. The first-order chi connectivity index (χ1) is 10.1. The highest BCUT2D eigenvalue weighted by molar-refractivity contribution is 7.13. The van der Waals surface area contributed by atoms with Crippen LogP contribution in [0, 0.1) is 6.92 Å². The van der Waals surface area contributed by atoms with Crippen molar-refractivity contribution in [3.63, 3.8) is 0 Å². The molecule has 0 unspecified atom stereocenters. The van der Waals surface area contributed by atoms with E-state index in [1.54, 1.807) is 11.3 Å². The lowest BCUT2D eigenvalue weighted by atomic mass is 9.93. The summed E-state index contributed by atoms with van der Waals surface area (Å²) in [4.78, 5) is 17.9. The van der Waals surface area contributed by atoms with Gasteiger partial charge in [0.1, 0.15) is 4.88 Å². The predicted octanol–water partition coefficient (Wildman–Crippen LogP) is 3.14. The van der Waals surface area contributed by atoms with Gasteiger partial charge in [-0.05, 0) is 45.4 Å². The zero-order valence-electron chi connectivity index (χ0n) is 12.6. The van der Waals surface area contributed by atoms with Crippen LogP contribution in [0.25, 0.3) is 0 Å². The highest BCUT2D eigenvalue weighted by atomic mass is 32.1. The van der Waals surface area contributed by atoms with Gasteiger partial charge in [0.2, 0.25) is 0 Å². The summed E-state index contributed by atoms with van der Waals surface area (Å²) < 4.78 is 0. The predicted molar refractivity (Wildman–Crippen MR) is 83.8 cm³/mol. The molecular weight excluding hydrogens is 284 g/mol. The van der Waals surface area contributed by atoms with Crippen molar-refractivity contribution in [3.05, 3.63) is 15.6 Å². The van der Waals surface area contributed by atoms with Crippen molar-refractivity contribution in [2.24, 2.45) is 0 Å². The zero-order valence-corrected chi connectivity index (χ0v) is 13.4. The Morgan fingerprint density at radius 2 is 1.86 bits per heavy atom. The number of nitrogens with zero attached hydrogens (tertiary/aromatic N) is 1. The van der Waals surface area contributed by atoms with Crippen molar-refractivity contribution >= 4 is 17.2 Å². The molecule has 0 bridgehead atoms. The van der Waals surface area contributed by atoms with Gasteiger partial charge in [-0.1, -0.05) is 12.8 Å². The third-order valence-electron chi connectivity index (χ3n) is 4.76. The molecule has 4 nitrogen and oxygen atoms in total. The van der Waals surface area contributed by atoms with E-state index in [0.29, 0.717) is 5.92 Å². The molecule has 0 aromatic carbocycles. The number of aliphatic hydroxyl groups excluding tert-OH is 1. The summed E-state index contributed by atoms with van der Waals surface area (Å²) in [5.74, 6) is 0.593. The van der Waals surface area contributed by atoms with E-state index in [9.17, 15) is 9.90 Å². The number of nitrogens with one attached hydrogen (secondary N) is 1. The Hall–Kier alpha value is -0.940. The van der Waals surface area contributed by atoms with Gasteiger partial charge in [-0.25, -0.2) is 4.98 Å². The standard InChI is InChI=1S/C16H24N2O2S/c1-10-14(21-16(17-10)11-4-2-3-5-11)15(20)18-12-6-8-13(19)9-7-12/h11-13,19H,2-9H2,1H3,(H,18,20). The second kappa shape index (κ2) is 6.44. The lowest BCUT2D eigenvalue weighted by Crippen LogP contribution is -2.38. The van der Waals surface area contributed by atoms with Crippen molar-refractivity contribution in [3.8, 4) is 0 Å². The number of amides is 1. The number of aryl methyl sites for hydroxylation is 1. The van der Waals surface area contributed by atoms with Crippen LogP contribution in [0.1, 0.15) is 77.7 Å². The van der Waals surface area contributed by atoms with Crippen LogP contribution in [-0.4, -0.2) is 28.1 Å². The van der Waals surface area contributed by atoms with Gasteiger partial charge < -0.3 is 10.4 Å². The molecule has 0 spiro atoms. The summed E-state index contributed by atoms with van der Waals surface area (Å²) in [6, 6.07) is 0.206. The summed E-state index contributed by atoms with van der Waals surface area (Å²) in [5.41, 5.74) is 0.871. The first kappa shape index (κ1) is 15.0. The Morgan fingerprint density at radius 1 is 1.19 bits per heavy atom. The van der Waals surface area contributed by atoms with Gasteiger partial charge in [0.15, 0.2) is 0 Å². The zero-order chi connectivity index (χ0) is 14.8. The van der Waals surface area contributed by atoms with Crippen LogP contribution < -0.4 is 5.32 Å². The molecule has 5 heteroatoms. The molecule has 0 aliphatic heterocycles. The third kappa shape index (κ3) is 3.46. The molecule has 1 heterocycles. The normalized spacial score (nSPS) is 27.0. The lowest BCUT2D eigenvalue weighted by Gasteiger charge is -2.25. The summed E-state index contributed by atoms with van der Waals surface area (Å²) in [5, 5.41) is 13.8. The minimum absolute atomic E-state index is 0.0237. The van der Waals surface area contributed by atoms with Crippen LogP contribution in [0.3, 0.4) is 0 Å². The molecule has 116 valence electrons. The molecule has 1 aromatic heterocycles. The van der Waals surface area contributed by atoms with Gasteiger partial charge in [0.25, 0.3) is 5.91 Å². The maximum absolute atomic E-state index is 12.4. The van der Waals surface area contributed by atoms with Crippen molar-refractivity contribution in [2.75, 3.05) is 0 Å². The van der Waals surface area contributed by atoms with E-state index in [-0.39, 0.29) is 18.1 Å². The number of hydrogen-bond acceptors (Lipinski definition) is 4. The number of aliphatic hydroxyl groups is 1. The number of hydrogen-bond donors (Lipinski definition) is 2. The fourth-order valence-electron chi connectivity index (χ4n) is 3.45. The van der Waals surface area contributed by atoms with Gasteiger partial charge in [0, 0.05) is 12.0 Å². The lowest BCUT2D eigenvalue weighted by molar-refractivity contribution is 0.0870. The molecule has 2 N–H and O–H groups in total. The molecule has 2 saturated carbocycles. The van der Waals surface area contributed by atoms with E-state index >= 15 is 0 Å². The number of carbonyl (C=O) groups excluding carboxylic acids is 1. The molecule has 1 amide bonds. The number of carbonyl (C=O) groups is 1. The average molecular weight is 308 g/mol. The molecule has 1 aromatic rings. The second-order valence-corrected chi connectivity index (χ2v) is 7.46. The fourth-order valence-corrected chi connectivity index (χ4v) is 4.59. The van der Waals surface area contributed by atoms with E-state index in [4.69, 9.17) is 0 Å². The van der Waals surface area contributed by atoms with E-state index < -0.39 is 0 Å². The molecule has 0 saturated heterocycles. The van der Waals surface area contributed by atoms with Crippen molar-refractivity contribution in [2.45, 2.75) is 76.4 Å². The fraction of sp³-hybridized carbons (Fsp3) is 0.750. The Bertz CT molecular complexity index is 500. The Labute approximate surface area is 130 Å². The molecule has 2 aliphatic carbocycles. The Morgan fingerprint density at radius 3 is 2.52 bits per heavy atom. The van der Waals surface area contributed by atoms with Crippen LogP contribution in [0.15, 0.2) is 0 Å². The maximum atomic E-state index is 12.4. The first-order valence-electron chi connectivity index (χ1n) is 8.09. The summed E-state index contributed by atoms with van der Waals surface area (Å²) in [6.07, 6.45) is 8.16. The van der Waals surface area contributed by atoms with Gasteiger partial charge in [0.05, 0.1) is 16.8 Å². The smallest absolute Gasteiger partial charge is 0.263 e. The van der Waals surface area contributed by atoms with E-state index in [0.717, 1.165) is 41.3 Å². The SMILES string of the molecule is Cc1nc(C2CCCC2)sc1C(=O)NC1CCC(O)CC1. The highest BCUT2D eigenvalue weighted by Crippen LogP contribution is 2.37. The molecule has 0 atom stereocenters. The number of aromatic nitrogens is 1. The van der Waals surface area contributed by atoms with Crippen molar-refractivity contribution in [1.29, 1.82) is 0 Å². The van der Waals surface area contributed by atoms with Crippen LogP contribution in [-0.2, 0) is 0 Å². The van der Waals surface area contributed by atoms with Crippen molar-refractivity contribution < 1.29 is 9.90 Å². The van der Waals surface area contributed by atoms with E-state index in [2.05, 4.69) is 10.3 Å².